The molecule has 1 aliphatic rings. The summed E-state index contributed by atoms with van der Waals surface area (Å²) in [6, 6.07) is 10.3. The van der Waals surface area contributed by atoms with E-state index in [0.717, 1.165) is 10.9 Å². The second kappa shape index (κ2) is 6.75. The molecule has 120 valence electrons. The molecular weight excluding hydrogens is 296 g/mol. The van der Waals surface area contributed by atoms with Crippen molar-refractivity contribution in [3.8, 4) is 0 Å². The van der Waals surface area contributed by atoms with Crippen molar-refractivity contribution < 1.29 is 19.4 Å². The number of aliphatic carboxylic acids is 1. The molecule has 1 saturated heterocycles. The van der Waals surface area contributed by atoms with Crippen LogP contribution in [-0.4, -0.2) is 41.2 Å². The highest BCUT2D eigenvalue weighted by Gasteiger charge is 2.28. The zero-order chi connectivity index (χ0) is 16.2. The van der Waals surface area contributed by atoms with Gasteiger partial charge < -0.3 is 15.2 Å². The summed E-state index contributed by atoms with van der Waals surface area (Å²) in [5, 5.41) is 13.0. The summed E-state index contributed by atoms with van der Waals surface area (Å²) in [5.41, 5.74) is 1.45. The number of nitrogens with one attached hydrogen (secondary N) is 1. The average Bonchev–Trinajstić information content (AvgIpc) is 3.08. The van der Waals surface area contributed by atoms with Crippen LogP contribution in [0.5, 0.6) is 0 Å². The van der Waals surface area contributed by atoms with E-state index in [0.29, 0.717) is 25.3 Å². The molecule has 2 atom stereocenters. The van der Waals surface area contributed by atoms with Gasteiger partial charge in [0, 0.05) is 24.1 Å². The van der Waals surface area contributed by atoms with E-state index < -0.39 is 12.0 Å². The Morgan fingerprint density at radius 1 is 1.30 bits per heavy atom. The van der Waals surface area contributed by atoms with Gasteiger partial charge in [0.1, 0.15) is 6.04 Å². The van der Waals surface area contributed by atoms with Crippen LogP contribution in [0, 0.1) is 5.92 Å². The maximum atomic E-state index is 12.1. The van der Waals surface area contributed by atoms with Gasteiger partial charge in [-0.1, -0.05) is 24.3 Å². The maximum absolute atomic E-state index is 12.1. The number of nitrogens with zero attached hydrogens (tertiary/aromatic N) is 1. The lowest BCUT2D eigenvalue weighted by Crippen LogP contribution is -2.45. The number of amides is 1. The van der Waals surface area contributed by atoms with Crippen LogP contribution in [0.2, 0.25) is 0 Å². The third-order valence-corrected chi connectivity index (χ3v) is 3.98. The average molecular weight is 314 g/mol. The molecule has 0 aliphatic carbocycles. The fraction of sp³-hybridized carbons (Fsp3) is 0.353. The molecule has 1 aliphatic heterocycles. The van der Waals surface area contributed by atoms with E-state index in [1.54, 1.807) is 6.07 Å². The van der Waals surface area contributed by atoms with E-state index in [1.807, 2.05) is 30.3 Å². The summed E-state index contributed by atoms with van der Waals surface area (Å²) in [6.07, 6.45) is 0.784. The SMILES string of the molecule is O=C(N[C@H](Cc1ccc2ccccc2n1)C(=O)O)[C@@H]1CCOC1. The van der Waals surface area contributed by atoms with Gasteiger partial charge in [-0.25, -0.2) is 4.79 Å². The fourth-order valence-corrected chi connectivity index (χ4v) is 2.66. The number of benzene rings is 1. The van der Waals surface area contributed by atoms with Gasteiger partial charge in [0.25, 0.3) is 0 Å². The molecule has 2 N–H and O–H groups in total. The number of pyridine rings is 1. The normalized spacial score (nSPS) is 18.7. The van der Waals surface area contributed by atoms with Crippen molar-refractivity contribution in [2.45, 2.75) is 18.9 Å². The first-order valence-electron chi connectivity index (χ1n) is 7.59. The standard InChI is InChI=1S/C17H18N2O4/c20-16(12-7-8-23-10-12)19-15(17(21)22)9-13-6-5-11-3-1-2-4-14(11)18-13/h1-6,12,15H,7-10H2,(H,19,20)(H,21,22)/t12-,15-/m1/s1. The number of para-hydroxylation sites is 1. The molecule has 2 heterocycles. The molecule has 0 saturated carbocycles. The Balaban J connectivity index is 1.72. The Hall–Kier alpha value is -2.47. The number of aromatic nitrogens is 1. The van der Waals surface area contributed by atoms with Gasteiger partial charge in [-0.05, 0) is 18.6 Å². The van der Waals surface area contributed by atoms with E-state index in [9.17, 15) is 14.7 Å². The highest BCUT2D eigenvalue weighted by atomic mass is 16.5. The summed E-state index contributed by atoms with van der Waals surface area (Å²) in [6.45, 7) is 0.897. The van der Waals surface area contributed by atoms with Crippen LogP contribution in [0.25, 0.3) is 10.9 Å². The lowest BCUT2D eigenvalue weighted by Gasteiger charge is -2.16. The quantitative estimate of drug-likeness (QED) is 0.870. The highest BCUT2D eigenvalue weighted by molar-refractivity contribution is 5.85. The molecule has 6 nitrogen and oxygen atoms in total. The molecular formula is C17H18N2O4. The predicted molar refractivity (Wildman–Crippen MR) is 83.9 cm³/mol. The van der Waals surface area contributed by atoms with Crippen molar-refractivity contribution in [3.63, 3.8) is 0 Å². The number of rotatable bonds is 5. The number of hydrogen-bond donors (Lipinski definition) is 2. The smallest absolute Gasteiger partial charge is 0.326 e. The maximum Gasteiger partial charge on any atom is 0.326 e. The number of fused-ring (bicyclic) bond motifs is 1. The number of carboxylic acids is 1. The van der Waals surface area contributed by atoms with E-state index in [2.05, 4.69) is 10.3 Å². The van der Waals surface area contributed by atoms with Crippen LogP contribution >= 0.6 is 0 Å². The van der Waals surface area contributed by atoms with Crippen molar-refractivity contribution in [3.05, 3.63) is 42.1 Å². The molecule has 0 radical (unpaired) electrons. The van der Waals surface area contributed by atoms with Gasteiger partial charge in [-0.15, -0.1) is 0 Å². The summed E-state index contributed by atoms with van der Waals surface area (Å²) in [5.74, 6) is -1.59. The lowest BCUT2D eigenvalue weighted by molar-refractivity contribution is -0.142. The molecule has 1 aromatic carbocycles. The second-order valence-corrected chi connectivity index (χ2v) is 5.66. The third-order valence-electron chi connectivity index (χ3n) is 3.98. The van der Waals surface area contributed by atoms with Crippen molar-refractivity contribution in [2.24, 2.45) is 5.92 Å². The molecule has 1 fully saturated rings. The van der Waals surface area contributed by atoms with Crippen molar-refractivity contribution in [1.82, 2.24) is 10.3 Å². The zero-order valence-electron chi connectivity index (χ0n) is 12.6. The van der Waals surface area contributed by atoms with Gasteiger partial charge in [0.15, 0.2) is 0 Å². The van der Waals surface area contributed by atoms with E-state index >= 15 is 0 Å². The number of carbonyl (C=O) groups is 2. The van der Waals surface area contributed by atoms with Gasteiger partial charge in [0.2, 0.25) is 5.91 Å². The molecule has 3 rings (SSSR count). The van der Waals surface area contributed by atoms with Crippen molar-refractivity contribution in [1.29, 1.82) is 0 Å². The first-order valence-corrected chi connectivity index (χ1v) is 7.59. The number of carboxylic acid groups (broad SMARTS) is 1. The van der Waals surface area contributed by atoms with Crippen LogP contribution in [0.15, 0.2) is 36.4 Å². The van der Waals surface area contributed by atoms with Gasteiger partial charge in [-0.2, -0.15) is 0 Å². The lowest BCUT2D eigenvalue weighted by atomic mass is 10.1. The summed E-state index contributed by atoms with van der Waals surface area (Å²) >= 11 is 0. The molecule has 2 aromatic rings. The van der Waals surface area contributed by atoms with E-state index in [1.165, 1.54) is 0 Å². The Bertz CT molecular complexity index is 725. The summed E-state index contributed by atoms with van der Waals surface area (Å²) in [7, 11) is 0. The third kappa shape index (κ3) is 3.65. The highest BCUT2D eigenvalue weighted by Crippen LogP contribution is 2.15. The molecule has 23 heavy (non-hydrogen) atoms. The largest absolute Gasteiger partial charge is 0.480 e. The molecule has 0 spiro atoms. The predicted octanol–water partition coefficient (Wildman–Crippen LogP) is 1.38. The molecule has 1 aromatic heterocycles. The molecule has 1 amide bonds. The molecule has 0 unspecified atom stereocenters. The minimum Gasteiger partial charge on any atom is -0.480 e. The van der Waals surface area contributed by atoms with Gasteiger partial charge >= 0.3 is 5.97 Å². The molecule has 0 bridgehead atoms. The summed E-state index contributed by atoms with van der Waals surface area (Å²) in [4.78, 5) is 28.0. The fourth-order valence-electron chi connectivity index (χ4n) is 2.66. The van der Waals surface area contributed by atoms with Crippen LogP contribution < -0.4 is 5.32 Å². The first kappa shape index (κ1) is 15.4. The van der Waals surface area contributed by atoms with Crippen molar-refractivity contribution in [2.75, 3.05) is 13.2 Å². The molecule has 6 heteroatoms. The monoisotopic (exact) mass is 314 g/mol. The van der Waals surface area contributed by atoms with Gasteiger partial charge in [0.05, 0.1) is 18.0 Å². The first-order chi connectivity index (χ1) is 11.1. The second-order valence-electron chi connectivity index (χ2n) is 5.66. The zero-order valence-corrected chi connectivity index (χ0v) is 12.6. The number of carbonyl (C=O) groups excluding carboxylic acids is 1. The minimum atomic E-state index is -1.06. The Morgan fingerprint density at radius 2 is 2.13 bits per heavy atom. The number of ether oxygens (including phenoxy) is 1. The van der Waals surface area contributed by atoms with Gasteiger partial charge in [-0.3, -0.25) is 9.78 Å². The van der Waals surface area contributed by atoms with Crippen LogP contribution in [-0.2, 0) is 20.7 Å². The topological polar surface area (TPSA) is 88.5 Å². The van der Waals surface area contributed by atoms with Crippen LogP contribution in [0.1, 0.15) is 12.1 Å². The van der Waals surface area contributed by atoms with Crippen LogP contribution in [0.3, 0.4) is 0 Å². The minimum absolute atomic E-state index is 0.152. The summed E-state index contributed by atoms with van der Waals surface area (Å²) < 4.78 is 5.17. The Morgan fingerprint density at radius 3 is 2.87 bits per heavy atom. The van der Waals surface area contributed by atoms with E-state index in [4.69, 9.17) is 4.74 Å². The Labute approximate surface area is 133 Å². The van der Waals surface area contributed by atoms with E-state index in [-0.39, 0.29) is 18.2 Å². The Kier molecular flexibility index (Phi) is 4.52. The number of hydrogen-bond acceptors (Lipinski definition) is 4. The van der Waals surface area contributed by atoms with Crippen molar-refractivity contribution >= 4 is 22.8 Å². The van der Waals surface area contributed by atoms with Crippen LogP contribution in [0.4, 0.5) is 0 Å².